The average Bonchev–Trinajstić information content (AvgIpc) is 2.54. The normalized spacial score (nSPS) is 28.4. The number of carbonyl (C=O) groups is 1. The number of hydrogen-bond donors (Lipinski definition) is 3. The fraction of sp³-hybridized carbons (Fsp3) is 0.438. The van der Waals surface area contributed by atoms with E-state index in [9.17, 15) is 14.3 Å². The number of aliphatic hydroxyl groups excluding tert-OH is 1. The van der Waals surface area contributed by atoms with Crippen molar-refractivity contribution in [1.82, 2.24) is 10.6 Å². The minimum absolute atomic E-state index is 0.0392. The lowest BCUT2D eigenvalue weighted by atomic mass is 9.78. The van der Waals surface area contributed by atoms with E-state index in [0.29, 0.717) is 11.5 Å². The molecule has 3 aliphatic rings. The van der Waals surface area contributed by atoms with Crippen LogP contribution in [0.15, 0.2) is 36.4 Å². The Morgan fingerprint density at radius 2 is 2.14 bits per heavy atom. The number of rotatable bonds is 4. The second-order valence-electron chi connectivity index (χ2n) is 5.73. The predicted molar refractivity (Wildman–Crippen MR) is 76.9 cm³/mol. The van der Waals surface area contributed by atoms with Crippen LogP contribution >= 0.6 is 0 Å². The molecular weight excluding hydrogens is 271 g/mol. The first-order valence-corrected chi connectivity index (χ1v) is 7.26. The maximum atomic E-state index is 12.8. The molecule has 5 heteroatoms. The number of hydrogen-bond acceptors (Lipinski definition) is 3. The zero-order valence-corrected chi connectivity index (χ0v) is 11.6. The van der Waals surface area contributed by atoms with Gasteiger partial charge in [-0.1, -0.05) is 24.3 Å². The Morgan fingerprint density at radius 1 is 1.38 bits per heavy atom. The zero-order valence-electron chi connectivity index (χ0n) is 11.6. The molecular formula is C16H19FN2O2. The molecule has 1 amide bonds. The largest absolute Gasteiger partial charge is 0.387 e. The number of piperidine rings is 1. The molecule has 2 aliphatic heterocycles. The summed E-state index contributed by atoms with van der Waals surface area (Å²) in [6, 6.07) is 5.75. The monoisotopic (exact) mass is 290 g/mol. The first-order valence-electron chi connectivity index (χ1n) is 7.26. The number of amides is 1. The van der Waals surface area contributed by atoms with E-state index >= 15 is 0 Å². The first-order chi connectivity index (χ1) is 10.1. The van der Waals surface area contributed by atoms with Crippen molar-refractivity contribution >= 4 is 5.91 Å². The Bertz CT molecular complexity index is 544. The molecule has 0 spiro atoms. The van der Waals surface area contributed by atoms with Gasteiger partial charge in [-0.05, 0) is 30.0 Å². The topological polar surface area (TPSA) is 61.4 Å². The van der Waals surface area contributed by atoms with Crippen molar-refractivity contribution in [2.24, 2.45) is 11.8 Å². The summed E-state index contributed by atoms with van der Waals surface area (Å²) in [7, 11) is 0. The van der Waals surface area contributed by atoms with E-state index in [1.807, 2.05) is 0 Å². The van der Waals surface area contributed by atoms with Crippen molar-refractivity contribution in [3.8, 4) is 0 Å². The Kier molecular flexibility index (Phi) is 4.03. The summed E-state index contributed by atoms with van der Waals surface area (Å²) in [5.74, 6) is -0.0317. The fourth-order valence-electron chi connectivity index (χ4n) is 3.01. The van der Waals surface area contributed by atoms with Gasteiger partial charge < -0.3 is 15.7 Å². The molecule has 1 saturated heterocycles. The zero-order chi connectivity index (χ0) is 14.8. The van der Waals surface area contributed by atoms with Gasteiger partial charge in [0.1, 0.15) is 5.82 Å². The summed E-state index contributed by atoms with van der Waals surface area (Å²) in [4.78, 5) is 12.2. The second-order valence-corrected chi connectivity index (χ2v) is 5.73. The minimum Gasteiger partial charge on any atom is -0.387 e. The SMILES string of the molecule is O=C(NC[C@H](O)c1ccc(F)cc1)[C@@H]1C[C@H]2C=C[C@H]1NC2. The molecule has 4 atom stereocenters. The van der Waals surface area contributed by atoms with E-state index in [0.717, 1.165) is 13.0 Å². The third-order valence-electron chi connectivity index (χ3n) is 4.26. The van der Waals surface area contributed by atoms with Crippen LogP contribution in [0.3, 0.4) is 0 Å². The van der Waals surface area contributed by atoms with E-state index in [1.165, 1.54) is 24.3 Å². The molecule has 4 rings (SSSR count). The molecule has 0 aromatic heterocycles. The van der Waals surface area contributed by atoms with Crippen LogP contribution in [0.1, 0.15) is 18.1 Å². The van der Waals surface area contributed by atoms with Gasteiger partial charge in [0.25, 0.3) is 0 Å². The summed E-state index contributed by atoms with van der Waals surface area (Å²) in [6.07, 6.45) is 4.25. The summed E-state index contributed by atoms with van der Waals surface area (Å²) in [6.45, 7) is 1.07. The van der Waals surface area contributed by atoms with E-state index in [-0.39, 0.29) is 30.2 Å². The highest BCUT2D eigenvalue weighted by atomic mass is 19.1. The van der Waals surface area contributed by atoms with E-state index in [4.69, 9.17) is 0 Å². The van der Waals surface area contributed by atoms with Crippen molar-refractivity contribution in [1.29, 1.82) is 0 Å². The van der Waals surface area contributed by atoms with E-state index in [1.54, 1.807) is 0 Å². The van der Waals surface area contributed by atoms with Gasteiger partial charge in [0, 0.05) is 19.1 Å². The molecule has 1 aliphatic carbocycles. The van der Waals surface area contributed by atoms with Gasteiger partial charge in [-0.25, -0.2) is 4.39 Å². The molecule has 1 fully saturated rings. The van der Waals surface area contributed by atoms with Crippen LogP contribution in [0, 0.1) is 17.7 Å². The van der Waals surface area contributed by atoms with Crippen LogP contribution in [-0.4, -0.2) is 30.1 Å². The van der Waals surface area contributed by atoms with Crippen LogP contribution < -0.4 is 10.6 Å². The number of benzene rings is 1. The number of aliphatic hydroxyl groups is 1. The fourth-order valence-corrected chi connectivity index (χ4v) is 3.01. The van der Waals surface area contributed by atoms with E-state index < -0.39 is 6.10 Å². The molecule has 4 nitrogen and oxygen atoms in total. The van der Waals surface area contributed by atoms with Crippen molar-refractivity contribution in [3.63, 3.8) is 0 Å². The Morgan fingerprint density at radius 3 is 2.71 bits per heavy atom. The molecule has 0 radical (unpaired) electrons. The van der Waals surface area contributed by atoms with Gasteiger partial charge in [-0.3, -0.25) is 4.79 Å². The highest BCUT2D eigenvalue weighted by Crippen LogP contribution is 2.28. The minimum atomic E-state index is -0.821. The number of nitrogens with one attached hydrogen (secondary N) is 2. The maximum Gasteiger partial charge on any atom is 0.225 e. The van der Waals surface area contributed by atoms with Gasteiger partial charge in [-0.2, -0.15) is 0 Å². The summed E-state index contributed by atoms with van der Waals surface area (Å²) < 4.78 is 12.8. The van der Waals surface area contributed by atoms with Crippen molar-refractivity contribution < 1.29 is 14.3 Å². The molecule has 3 N–H and O–H groups in total. The molecule has 1 aromatic carbocycles. The third kappa shape index (κ3) is 3.14. The van der Waals surface area contributed by atoms with Gasteiger partial charge >= 0.3 is 0 Å². The lowest BCUT2D eigenvalue weighted by molar-refractivity contribution is -0.127. The molecule has 0 saturated carbocycles. The molecule has 2 heterocycles. The highest BCUT2D eigenvalue weighted by Gasteiger charge is 2.36. The maximum absolute atomic E-state index is 12.8. The van der Waals surface area contributed by atoms with Gasteiger partial charge in [-0.15, -0.1) is 0 Å². The smallest absolute Gasteiger partial charge is 0.225 e. The van der Waals surface area contributed by atoms with E-state index in [2.05, 4.69) is 22.8 Å². The standard InChI is InChI=1S/C16H19FN2O2/c17-12-4-2-11(3-5-12)15(20)9-19-16(21)13-7-10-1-6-14(13)18-8-10/h1-6,10,13-15,18,20H,7-9H2,(H,19,21)/t10-,13-,14-,15+/m1/s1. The van der Waals surface area contributed by atoms with Gasteiger partial charge in [0.05, 0.1) is 12.0 Å². The summed E-state index contributed by atoms with van der Waals surface area (Å²) >= 11 is 0. The molecule has 1 aromatic rings. The Balaban J connectivity index is 1.54. The van der Waals surface area contributed by atoms with Gasteiger partial charge in [0.2, 0.25) is 5.91 Å². The average molecular weight is 290 g/mol. The quantitative estimate of drug-likeness (QED) is 0.729. The van der Waals surface area contributed by atoms with Gasteiger partial charge in [0.15, 0.2) is 0 Å². The molecule has 112 valence electrons. The molecule has 2 bridgehead atoms. The van der Waals surface area contributed by atoms with Crippen LogP contribution in [0.5, 0.6) is 0 Å². The molecule has 0 unspecified atom stereocenters. The highest BCUT2D eigenvalue weighted by molar-refractivity contribution is 5.80. The summed E-state index contributed by atoms with van der Waals surface area (Å²) in [5, 5.41) is 16.1. The number of halogens is 1. The Hall–Kier alpha value is -1.72. The lowest BCUT2D eigenvalue weighted by Crippen LogP contribution is -2.52. The first kappa shape index (κ1) is 14.2. The van der Waals surface area contributed by atoms with Crippen molar-refractivity contribution in [2.75, 3.05) is 13.1 Å². The molecule has 21 heavy (non-hydrogen) atoms. The van der Waals surface area contributed by atoms with Crippen molar-refractivity contribution in [2.45, 2.75) is 18.6 Å². The Labute approximate surface area is 123 Å². The number of carbonyl (C=O) groups excluding carboxylic acids is 1. The van der Waals surface area contributed by atoms with Crippen molar-refractivity contribution in [3.05, 3.63) is 47.8 Å². The van der Waals surface area contributed by atoms with Crippen LogP contribution in [0.2, 0.25) is 0 Å². The van der Waals surface area contributed by atoms with Crippen LogP contribution in [-0.2, 0) is 4.79 Å². The number of fused-ring (bicyclic) bond motifs is 2. The lowest BCUT2D eigenvalue weighted by Gasteiger charge is -2.38. The second kappa shape index (κ2) is 5.95. The third-order valence-corrected chi connectivity index (χ3v) is 4.26. The predicted octanol–water partition coefficient (Wildman–Crippen LogP) is 1.14. The van der Waals surface area contributed by atoms with Crippen LogP contribution in [0.25, 0.3) is 0 Å². The van der Waals surface area contributed by atoms with Crippen LogP contribution in [0.4, 0.5) is 4.39 Å². The summed E-state index contributed by atoms with van der Waals surface area (Å²) in [5.41, 5.74) is 0.597.